The van der Waals surface area contributed by atoms with Crippen LogP contribution in [0, 0.1) is 17.8 Å². The van der Waals surface area contributed by atoms with Crippen molar-refractivity contribution in [1.29, 1.82) is 0 Å². The highest BCUT2D eigenvalue weighted by molar-refractivity contribution is 5.34. The van der Waals surface area contributed by atoms with Gasteiger partial charge in [-0.05, 0) is 55.1 Å². The van der Waals surface area contributed by atoms with E-state index in [-0.39, 0.29) is 6.04 Å². The van der Waals surface area contributed by atoms with E-state index in [9.17, 15) is 0 Å². The quantitative estimate of drug-likeness (QED) is 0.837. The second-order valence-corrected chi connectivity index (χ2v) is 8.80. The average Bonchev–Trinajstić information content (AvgIpc) is 2.67. The molecule has 118 valence electrons. The lowest BCUT2D eigenvalue weighted by molar-refractivity contribution is 0.176. The van der Waals surface area contributed by atoms with Crippen LogP contribution in [0.1, 0.15) is 82.3 Å². The van der Waals surface area contributed by atoms with Crippen molar-refractivity contribution in [3.63, 3.8) is 0 Å². The summed E-state index contributed by atoms with van der Waals surface area (Å²) >= 11 is 0. The Morgan fingerprint density at radius 1 is 1.19 bits per heavy atom. The second kappa shape index (κ2) is 5.15. The first-order valence-electron chi connectivity index (χ1n) is 8.74. The number of aromatic nitrogens is 1. The predicted molar refractivity (Wildman–Crippen MR) is 89.4 cm³/mol. The van der Waals surface area contributed by atoms with E-state index >= 15 is 0 Å². The number of aryl methyl sites for hydroxylation is 1. The lowest BCUT2D eigenvalue weighted by atomic mass is 9.73. The summed E-state index contributed by atoms with van der Waals surface area (Å²) in [7, 11) is 0. The molecule has 0 aliphatic heterocycles. The van der Waals surface area contributed by atoms with Crippen molar-refractivity contribution in [2.75, 3.05) is 0 Å². The van der Waals surface area contributed by atoms with E-state index in [0.717, 1.165) is 6.42 Å². The normalized spacial score (nSPS) is 27.4. The van der Waals surface area contributed by atoms with Crippen molar-refractivity contribution in [2.45, 2.75) is 85.2 Å². The van der Waals surface area contributed by atoms with Gasteiger partial charge in [-0.3, -0.25) is 0 Å². The van der Waals surface area contributed by atoms with Crippen LogP contribution in [0.2, 0.25) is 0 Å². The van der Waals surface area contributed by atoms with E-state index in [0.29, 0.717) is 10.8 Å². The van der Waals surface area contributed by atoms with Crippen LogP contribution < -0.4 is 5.73 Å². The van der Waals surface area contributed by atoms with E-state index in [1.54, 1.807) is 0 Å². The molecule has 0 saturated heterocycles. The Hall–Kier alpha value is -0.760. The van der Waals surface area contributed by atoms with Crippen LogP contribution in [0.25, 0.3) is 0 Å². The largest absolute Gasteiger partial charge is 0.348 e. The highest BCUT2D eigenvalue weighted by atomic mass is 15.0. The zero-order valence-corrected chi connectivity index (χ0v) is 14.3. The molecule has 2 nitrogen and oxygen atoms in total. The highest BCUT2D eigenvalue weighted by Crippen LogP contribution is 2.43. The summed E-state index contributed by atoms with van der Waals surface area (Å²) in [6, 6.07) is 2.59. The zero-order valence-electron chi connectivity index (χ0n) is 14.3. The molecule has 1 aromatic heterocycles. The molecule has 1 heterocycles. The van der Waals surface area contributed by atoms with Gasteiger partial charge in [-0.1, -0.05) is 40.0 Å². The third-order valence-electron chi connectivity index (χ3n) is 5.87. The van der Waals surface area contributed by atoms with E-state index in [2.05, 4.69) is 38.3 Å². The molecule has 2 aliphatic carbocycles. The summed E-state index contributed by atoms with van der Waals surface area (Å²) < 4.78 is 2.61. The fraction of sp³-hybridized carbons (Fsp3) is 0.789. The Morgan fingerprint density at radius 3 is 2.52 bits per heavy atom. The third-order valence-corrected chi connectivity index (χ3v) is 5.87. The molecule has 3 rings (SSSR count). The first-order chi connectivity index (χ1) is 9.80. The molecule has 0 aromatic carbocycles. The highest BCUT2D eigenvalue weighted by Gasteiger charge is 2.35. The zero-order chi connectivity index (χ0) is 15.3. The third kappa shape index (κ3) is 2.92. The molecule has 0 spiro atoms. The number of rotatable bonds is 2. The number of fused-ring (bicyclic) bond motifs is 1. The Labute approximate surface area is 130 Å². The molecule has 1 fully saturated rings. The van der Waals surface area contributed by atoms with Crippen LogP contribution in [0.4, 0.5) is 0 Å². The Morgan fingerprint density at radius 2 is 1.86 bits per heavy atom. The molecule has 1 saturated carbocycles. The summed E-state index contributed by atoms with van der Waals surface area (Å²) in [6.07, 6.45) is 9.30. The predicted octanol–water partition coefficient (Wildman–Crippen LogP) is 4.74. The minimum absolute atomic E-state index is 0.225. The van der Waals surface area contributed by atoms with E-state index in [1.807, 2.05) is 0 Å². The maximum Gasteiger partial charge on any atom is 0.0318 e. The standard InChI is InChI=1S/C19H32N2/c1-14-10-15-16(20)11-18(2,3)12-17(15)21(14)13-19(4)8-6-5-7-9-19/h10,16H,5-9,11-13,20H2,1-4H3. The SMILES string of the molecule is Cc1cc2c(n1CC1(C)CCCCC1)CC(C)(C)CC2N. The van der Waals surface area contributed by atoms with Crippen molar-refractivity contribution < 1.29 is 0 Å². The molecular formula is C19H32N2. The average molecular weight is 288 g/mol. The Kier molecular flexibility index (Phi) is 3.72. The Balaban J connectivity index is 1.93. The monoisotopic (exact) mass is 288 g/mol. The molecule has 0 amide bonds. The lowest BCUT2D eigenvalue weighted by Crippen LogP contribution is -2.33. The first kappa shape index (κ1) is 15.1. The van der Waals surface area contributed by atoms with Crippen molar-refractivity contribution in [3.8, 4) is 0 Å². The lowest BCUT2D eigenvalue weighted by Gasteiger charge is -2.38. The number of hydrogen-bond donors (Lipinski definition) is 1. The maximum atomic E-state index is 6.46. The molecule has 21 heavy (non-hydrogen) atoms. The summed E-state index contributed by atoms with van der Waals surface area (Å²) in [5, 5.41) is 0. The molecule has 2 N–H and O–H groups in total. The molecule has 1 aromatic rings. The van der Waals surface area contributed by atoms with Crippen LogP contribution in [-0.4, -0.2) is 4.57 Å². The van der Waals surface area contributed by atoms with Crippen molar-refractivity contribution in [2.24, 2.45) is 16.6 Å². The van der Waals surface area contributed by atoms with Crippen LogP contribution in [0.15, 0.2) is 6.07 Å². The van der Waals surface area contributed by atoms with Gasteiger partial charge in [-0.15, -0.1) is 0 Å². The first-order valence-corrected chi connectivity index (χ1v) is 8.74. The second-order valence-electron chi connectivity index (χ2n) is 8.80. The minimum atomic E-state index is 0.225. The number of nitrogens with two attached hydrogens (primary N) is 1. The van der Waals surface area contributed by atoms with Gasteiger partial charge in [0.25, 0.3) is 0 Å². The van der Waals surface area contributed by atoms with Crippen molar-refractivity contribution in [3.05, 3.63) is 23.0 Å². The number of nitrogens with zero attached hydrogens (tertiary/aromatic N) is 1. The van der Waals surface area contributed by atoms with Crippen molar-refractivity contribution in [1.82, 2.24) is 4.57 Å². The van der Waals surface area contributed by atoms with Crippen molar-refractivity contribution >= 4 is 0 Å². The van der Waals surface area contributed by atoms with Gasteiger partial charge in [0, 0.05) is 24.0 Å². The fourth-order valence-corrected chi connectivity index (χ4v) is 4.67. The molecule has 1 unspecified atom stereocenters. The summed E-state index contributed by atoms with van der Waals surface area (Å²) in [6.45, 7) is 10.7. The van der Waals surface area contributed by atoms with E-state index < -0.39 is 0 Å². The van der Waals surface area contributed by atoms with Crippen LogP contribution in [0.5, 0.6) is 0 Å². The Bertz CT molecular complexity index is 518. The van der Waals surface area contributed by atoms with Gasteiger partial charge < -0.3 is 10.3 Å². The smallest absolute Gasteiger partial charge is 0.0318 e. The van der Waals surface area contributed by atoms with Gasteiger partial charge in [0.1, 0.15) is 0 Å². The van der Waals surface area contributed by atoms with Gasteiger partial charge in [-0.2, -0.15) is 0 Å². The van der Waals surface area contributed by atoms with Gasteiger partial charge in [0.15, 0.2) is 0 Å². The van der Waals surface area contributed by atoms with Gasteiger partial charge >= 0.3 is 0 Å². The van der Waals surface area contributed by atoms with Crippen LogP contribution in [0.3, 0.4) is 0 Å². The molecule has 0 bridgehead atoms. The summed E-state index contributed by atoms with van der Waals surface area (Å²) in [5.41, 5.74) is 11.6. The van der Waals surface area contributed by atoms with E-state index in [4.69, 9.17) is 5.73 Å². The van der Waals surface area contributed by atoms with Crippen LogP contribution >= 0.6 is 0 Å². The molecule has 2 heteroatoms. The van der Waals surface area contributed by atoms with Crippen LogP contribution in [-0.2, 0) is 13.0 Å². The van der Waals surface area contributed by atoms with Gasteiger partial charge in [-0.25, -0.2) is 0 Å². The topological polar surface area (TPSA) is 30.9 Å². The van der Waals surface area contributed by atoms with E-state index in [1.165, 1.54) is 62.0 Å². The maximum absolute atomic E-state index is 6.46. The molecule has 0 radical (unpaired) electrons. The summed E-state index contributed by atoms with van der Waals surface area (Å²) in [5.74, 6) is 0. The summed E-state index contributed by atoms with van der Waals surface area (Å²) in [4.78, 5) is 0. The molecular weight excluding hydrogens is 256 g/mol. The fourth-order valence-electron chi connectivity index (χ4n) is 4.67. The number of hydrogen-bond acceptors (Lipinski definition) is 1. The minimum Gasteiger partial charge on any atom is -0.348 e. The van der Waals surface area contributed by atoms with Gasteiger partial charge in [0.2, 0.25) is 0 Å². The van der Waals surface area contributed by atoms with Gasteiger partial charge in [0.05, 0.1) is 0 Å². The molecule has 2 aliphatic rings. The molecule has 1 atom stereocenters.